The highest BCUT2D eigenvalue weighted by molar-refractivity contribution is 8.34. The zero-order chi connectivity index (χ0) is 32.6. The molecule has 0 saturated carbocycles. The summed E-state index contributed by atoms with van der Waals surface area (Å²) in [5.41, 5.74) is 6.42. The lowest BCUT2D eigenvalue weighted by molar-refractivity contribution is 0.890. The monoisotopic (exact) mass is 648 g/mol. The Morgan fingerprint density at radius 1 is 0.388 bits per heavy atom. The Morgan fingerprint density at radius 2 is 0.857 bits per heavy atom. The molecule has 2 heterocycles. The van der Waals surface area contributed by atoms with Crippen molar-refractivity contribution >= 4 is 27.1 Å². The zero-order valence-electron chi connectivity index (χ0n) is 26.7. The van der Waals surface area contributed by atoms with Gasteiger partial charge in [-0.05, 0) is 84.9 Å². The fourth-order valence-corrected chi connectivity index (χ4v) is 11.1. The minimum Gasteiger partial charge on any atom is -0.308 e. The molecule has 0 atom stereocenters. The van der Waals surface area contributed by atoms with E-state index in [1.807, 2.05) is 41.1 Å². The molecule has 1 aliphatic heterocycles. The summed E-state index contributed by atoms with van der Waals surface area (Å²) in [5.74, 6) is 1.50. The maximum Gasteiger partial charge on any atom is 0.182 e. The Hall–Kier alpha value is -6.17. The van der Waals surface area contributed by atoms with Gasteiger partial charge >= 0.3 is 0 Å². The Kier molecular flexibility index (Phi) is 7.18. The number of rotatable bonds is 6. The molecule has 9 rings (SSSR count). The van der Waals surface area contributed by atoms with Gasteiger partial charge in [-0.1, -0.05) is 109 Å². The van der Waals surface area contributed by atoms with E-state index in [9.17, 15) is 0 Å². The highest BCUT2D eigenvalue weighted by atomic mass is 32.3. The number of para-hydroxylation sites is 3. The second kappa shape index (κ2) is 12.1. The van der Waals surface area contributed by atoms with Gasteiger partial charge in [-0.15, -0.1) is 15.1 Å². The molecule has 5 heteroatoms. The Balaban J connectivity index is 1.21. The summed E-state index contributed by atoms with van der Waals surface area (Å²) in [5, 5.41) is 4.97. The van der Waals surface area contributed by atoms with Crippen LogP contribution in [0.4, 0.5) is 17.1 Å². The lowest BCUT2D eigenvalue weighted by Gasteiger charge is -2.49. The van der Waals surface area contributed by atoms with Gasteiger partial charge in [0.2, 0.25) is 0 Å². The van der Waals surface area contributed by atoms with Crippen LogP contribution in [0.1, 0.15) is 0 Å². The molecule has 8 aromatic rings. The summed E-state index contributed by atoms with van der Waals surface area (Å²) in [7, 11) is -1.79. The molecule has 0 N–H and O–H groups in total. The van der Waals surface area contributed by atoms with Gasteiger partial charge < -0.3 is 4.90 Å². The molecule has 7 aromatic carbocycles. The van der Waals surface area contributed by atoms with Crippen molar-refractivity contribution in [1.82, 2.24) is 14.8 Å². The molecule has 0 aliphatic carbocycles. The summed E-state index contributed by atoms with van der Waals surface area (Å²) >= 11 is 0. The van der Waals surface area contributed by atoms with Crippen LogP contribution in [-0.2, 0) is 0 Å². The molecule has 0 amide bonds. The SMILES string of the molecule is c1ccc(-c2nc(-c3ccc(N4c5ccccc5S(c5ccccc5)(c5ccccc5)c5ccccc54)cc3)n(-c3ccccc3)n2)cc1. The van der Waals surface area contributed by atoms with E-state index in [2.05, 4.69) is 163 Å². The minimum absolute atomic E-state index is 0.698. The average molecular weight is 649 g/mol. The maximum absolute atomic E-state index is 5.07. The van der Waals surface area contributed by atoms with Crippen molar-refractivity contribution in [3.8, 4) is 28.5 Å². The van der Waals surface area contributed by atoms with E-state index in [1.165, 1.54) is 31.0 Å². The van der Waals surface area contributed by atoms with Crippen LogP contribution >= 0.6 is 10.0 Å². The summed E-state index contributed by atoms with van der Waals surface area (Å²) in [6.45, 7) is 0. The van der Waals surface area contributed by atoms with Crippen molar-refractivity contribution in [2.75, 3.05) is 4.90 Å². The third-order valence-corrected chi connectivity index (χ3v) is 13.1. The van der Waals surface area contributed by atoms with E-state index in [4.69, 9.17) is 10.1 Å². The van der Waals surface area contributed by atoms with Crippen LogP contribution in [-0.4, -0.2) is 14.8 Å². The van der Waals surface area contributed by atoms with Crippen LogP contribution in [0, 0.1) is 0 Å². The Morgan fingerprint density at radius 3 is 1.41 bits per heavy atom. The van der Waals surface area contributed by atoms with Gasteiger partial charge in [0, 0.05) is 36.4 Å². The van der Waals surface area contributed by atoms with Crippen molar-refractivity contribution in [1.29, 1.82) is 0 Å². The molecule has 234 valence electrons. The van der Waals surface area contributed by atoms with Crippen LogP contribution < -0.4 is 4.90 Å². The Bertz CT molecular complexity index is 2280. The smallest absolute Gasteiger partial charge is 0.182 e. The summed E-state index contributed by atoms with van der Waals surface area (Å²) in [4.78, 5) is 12.8. The Labute approximate surface area is 287 Å². The highest BCUT2D eigenvalue weighted by Gasteiger charge is 2.42. The highest BCUT2D eigenvalue weighted by Crippen LogP contribution is 2.79. The first-order valence-electron chi connectivity index (χ1n) is 16.4. The molecule has 0 saturated heterocycles. The van der Waals surface area contributed by atoms with Gasteiger partial charge in [-0.2, -0.15) is 0 Å². The van der Waals surface area contributed by atoms with Gasteiger partial charge in [0.05, 0.1) is 17.1 Å². The molecular weight excluding hydrogens is 617 g/mol. The van der Waals surface area contributed by atoms with Crippen molar-refractivity contribution in [3.05, 3.63) is 194 Å². The second-order valence-corrected chi connectivity index (χ2v) is 15.0. The van der Waals surface area contributed by atoms with Crippen LogP contribution in [0.5, 0.6) is 0 Å². The van der Waals surface area contributed by atoms with E-state index in [1.54, 1.807) is 0 Å². The molecule has 0 fully saturated rings. The number of aromatic nitrogens is 3. The molecule has 0 unspecified atom stereocenters. The van der Waals surface area contributed by atoms with Crippen molar-refractivity contribution < 1.29 is 0 Å². The van der Waals surface area contributed by atoms with E-state index in [-0.39, 0.29) is 0 Å². The number of benzene rings is 7. The van der Waals surface area contributed by atoms with E-state index in [0.29, 0.717) is 5.82 Å². The molecule has 4 nitrogen and oxygen atoms in total. The molecular formula is C44H32N4S. The zero-order valence-corrected chi connectivity index (χ0v) is 27.5. The minimum atomic E-state index is -1.79. The quantitative estimate of drug-likeness (QED) is 0.180. The van der Waals surface area contributed by atoms with Crippen molar-refractivity contribution in [2.24, 2.45) is 0 Å². The molecule has 49 heavy (non-hydrogen) atoms. The number of fused-ring (bicyclic) bond motifs is 2. The van der Waals surface area contributed by atoms with Crippen LogP contribution in [0.25, 0.3) is 28.5 Å². The largest absolute Gasteiger partial charge is 0.308 e. The lowest BCUT2D eigenvalue weighted by atomic mass is 10.1. The van der Waals surface area contributed by atoms with Gasteiger partial charge in [-0.3, -0.25) is 0 Å². The maximum atomic E-state index is 5.07. The van der Waals surface area contributed by atoms with Gasteiger partial charge in [0.1, 0.15) is 0 Å². The van der Waals surface area contributed by atoms with E-state index >= 15 is 0 Å². The number of hydrogen-bond acceptors (Lipinski definition) is 3. The topological polar surface area (TPSA) is 34.0 Å². The predicted octanol–water partition coefficient (Wildman–Crippen LogP) is 11.7. The van der Waals surface area contributed by atoms with Crippen LogP contribution in [0.3, 0.4) is 0 Å². The molecule has 1 aromatic heterocycles. The van der Waals surface area contributed by atoms with Crippen LogP contribution in [0.2, 0.25) is 0 Å². The van der Waals surface area contributed by atoms with E-state index < -0.39 is 10.0 Å². The first-order valence-corrected chi connectivity index (χ1v) is 18.1. The summed E-state index contributed by atoms with van der Waals surface area (Å²) < 4.78 is 1.94. The van der Waals surface area contributed by atoms with Gasteiger partial charge in [-0.25, -0.2) is 9.67 Å². The number of hydrogen-bond donors (Lipinski definition) is 0. The fraction of sp³-hybridized carbons (Fsp3) is 0. The van der Waals surface area contributed by atoms with Gasteiger partial charge in [0.25, 0.3) is 0 Å². The third-order valence-electron chi connectivity index (χ3n) is 9.09. The molecule has 0 bridgehead atoms. The molecule has 0 spiro atoms. The van der Waals surface area contributed by atoms with Crippen LogP contribution in [0.15, 0.2) is 214 Å². The number of anilines is 3. The summed E-state index contributed by atoms with van der Waals surface area (Å²) in [6, 6.07) is 69.1. The first kappa shape index (κ1) is 29.0. The normalized spacial score (nSPS) is 13.7. The van der Waals surface area contributed by atoms with E-state index in [0.717, 1.165) is 28.3 Å². The summed E-state index contributed by atoms with van der Waals surface area (Å²) in [6.07, 6.45) is 0. The van der Waals surface area contributed by atoms with Crippen molar-refractivity contribution in [2.45, 2.75) is 19.6 Å². The average Bonchev–Trinajstić information content (AvgIpc) is 3.64. The predicted molar refractivity (Wildman–Crippen MR) is 200 cm³/mol. The van der Waals surface area contributed by atoms with Crippen molar-refractivity contribution in [3.63, 3.8) is 0 Å². The standard InChI is InChI=1S/C44H32N4S/c1-5-17-33(18-6-1)43-45-44(48(46-43)36-19-7-2-8-20-36)34-29-31-35(32-30-34)47-39-25-13-15-27-41(39)49(37-21-9-3-10-22-37,38-23-11-4-12-24-38)42-28-16-14-26-40(42)47/h1-32H. The fourth-order valence-electron chi connectivity index (χ4n) is 6.94. The lowest BCUT2D eigenvalue weighted by Crippen LogP contribution is -2.21. The second-order valence-electron chi connectivity index (χ2n) is 11.9. The first-order chi connectivity index (χ1) is 24.3. The third kappa shape index (κ3) is 4.78. The molecule has 0 radical (unpaired) electrons. The van der Waals surface area contributed by atoms with Gasteiger partial charge in [0.15, 0.2) is 11.6 Å². The number of nitrogens with zero attached hydrogens (tertiary/aromatic N) is 4. The molecule has 1 aliphatic rings.